The van der Waals surface area contributed by atoms with Gasteiger partial charge < -0.3 is 5.11 Å². The van der Waals surface area contributed by atoms with Gasteiger partial charge in [-0.1, -0.05) is 29.8 Å². The molecule has 0 saturated heterocycles. The molecule has 0 aliphatic carbocycles. The lowest BCUT2D eigenvalue weighted by molar-refractivity contribution is -0.137. The number of rotatable bonds is 2. The molecule has 3 nitrogen and oxygen atoms in total. The van der Waals surface area contributed by atoms with Crippen molar-refractivity contribution < 1.29 is 27.5 Å². The molecule has 25 heavy (non-hydrogen) atoms. The van der Waals surface area contributed by atoms with Crippen molar-refractivity contribution in [3.8, 4) is 11.3 Å². The Kier molecular flexibility index (Phi) is 4.12. The number of carbonyl (C=O) groups is 1. The summed E-state index contributed by atoms with van der Waals surface area (Å²) in [6, 6.07) is 7.65. The molecule has 1 heterocycles. The number of carboxylic acids is 1. The average molecular weight is 370 g/mol. The Morgan fingerprint density at radius 1 is 1.12 bits per heavy atom. The molecule has 0 unspecified atom stereocenters. The van der Waals surface area contributed by atoms with Crippen molar-refractivity contribution in [3.05, 3.63) is 64.4 Å². The maximum atomic E-state index is 14.2. The third kappa shape index (κ3) is 3.15. The highest BCUT2D eigenvalue weighted by atomic mass is 35.5. The zero-order valence-corrected chi connectivity index (χ0v) is 13.0. The van der Waals surface area contributed by atoms with Gasteiger partial charge in [0, 0.05) is 16.0 Å². The topological polar surface area (TPSA) is 50.2 Å². The summed E-state index contributed by atoms with van der Waals surface area (Å²) in [5.41, 5.74) is -2.38. The molecule has 128 valence electrons. The molecule has 0 atom stereocenters. The summed E-state index contributed by atoms with van der Waals surface area (Å²) < 4.78 is 53.8. The van der Waals surface area contributed by atoms with Gasteiger partial charge in [-0.05, 0) is 24.3 Å². The van der Waals surface area contributed by atoms with Crippen molar-refractivity contribution >= 4 is 28.5 Å². The lowest BCUT2D eigenvalue weighted by atomic mass is 10.00. The second-order valence-electron chi connectivity index (χ2n) is 5.19. The highest BCUT2D eigenvalue weighted by Crippen LogP contribution is 2.37. The minimum absolute atomic E-state index is 0.0438. The zero-order valence-electron chi connectivity index (χ0n) is 12.2. The largest absolute Gasteiger partial charge is 0.478 e. The highest BCUT2D eigenvalue weighted by Gasteiger charge is 2.34. The van der Waals surface area contributed by atoms with Crippen LogP contribution in [0.5, 0.6) is 0 Å². The van der Waals surface area contributed by atoms with Crippen LogP contribution in [0.2, 0.25) is 5.02 Å². The van der Waals surface area contributed by atoms with E-state index in [0.717, 1.165) is 24.3 Å². The second-order valence-corrected chi connectivity index (χ2v) is 5.62. The van der Waals surface area contributed by atoms with Gasteiger partial charge in [-0.25, -0.2) is 14.2 Å². The van der Waals surface area contributed by atoms with Crippen LogP contribution in [0, 0.1) is 5.82 Å². The fourth-order valence-corrected chi connectivity index (χ4v) is 2.73. The molecule has 0 radical (unpaired) electrons. The van der Waals surface area contributed by atoms with E-state index in [0.29, 0.717) is 0 Å². The van der Waals surface area contributed by atoms with Gasteiger partial charge in [-0.3, -0.25) is 0 Å². The van der Waals surface area contributed by atoms with Gasteiger partial charge in [0.2, 0.25) is 0 Å². The number of aromatic nitrogens is 1. The Labute approximate surface area is 143 Å². The first-order chi connectivity index (χ1) is 11.7. The third-order valence-corrected chi connectivity index (χ3v) is 3.79. The predicted molar refractivity (Wildman–Crippen MR) is 84.1 cm³/mol. The Morgan fingerprint density at radius 3 is 2.44 bits per heavy atom. The number of nitrogens with zero attached hydrogens (tertiary/aromatic N) is 1. The van der Waals surface area contributed by atoms with E-state index in [-0.39, 0.29) is 27.2 Å². The number of fused-ring (bicyclic) bond motifs is 1. The Morgan fingerprint density at radius 2 is 1.80 bits per heavy atom. The van der Waals surface area contributed by atoms with E-state index >= 15 is 0 Å². The zero-order chi connectivity index (χ0) is 18.4. The molecule has 2 aromatic carbocycles. The third-order valence-electron chi connectivity index (χ3n) is 3.57. The summed E-state index contributed by atoms with van der Waals surface area (Å²) >= 11 is 5.73. The molecule has 3 aromatic rings. The fraction of sp³-hybridized carbons (Fsp3) is 0.0588. The number of aromatic carboxylic acids is 1. The molecule has 0 fully saturated rings. The molecule has 0 aliphatic heterocycles. The molecule has 0 saturated carbocycles. The highest BCUT2D eigenvalue weighted by molar-refractivity contribution is 6.31. The van der Waals surface area contributed by atoms with Crippen molar-refractivity contribution in [1.29, 1.82) is 0 Å². The number of carboxylic acid groups (broad SMARTS) is 1. The lowest BCUT2D eigenvalue weighted by Crippen LogP contribution is -2.08. The first kappa shape index (κ1) is 17.2. The standard InChI is InChI=1S/C17H8ClF4NO2/c18-8-5-10-11(16(24)25)7-14(23-15(10)13(19)6-8)9-3-1-2-4-12(9)17(20,21)22/h1-7H,(H,24,25). The number of benzene rings is 2. The van der Waals surface area contributed by atoms with Crippen LogP contribution >= 0.6 is 11.6 Å². The van der Waals surface area contributed by atoms with E-state index < -0.39 is 29.1 Å². The number of alkyl halides is 3. The quantitative estimate of drug-likeness (QED) is 0.614. The summed E-state index contributed by atoms with van der Waals surface area (Å²) in [4.78, 5) is 15.4. The SMILES string of the molecule is O=C(O)c1cc(-c2ccccc2C(F)(F)F)nc2c(F)cc(Cl)cc12. The number of pyridine rings is 1. The van der Waals surface area contributed by atoms with Gasteiger partial charge in [-0.15, -0.1) is 0 Å². The van der Waals surface area contributed by atoms with Gasteiger partial charge in [0.1, 0.15) is 5.52 Å². The van der Waals surface area contributed by atoms with E-state index in [9.17, 15) is 27.5 Å². The van der Waals surface area contributed by atoms with Crippen molar-refractivity contribution in [2.75, 3.05) is 0 Å². The van der Waals surface area contributed by atoms with Crippen LogP contribution < -0.4 is 0 Å². The number of hydrogen-bond acceptors (Lipinski definition) is 2. The van der Waals surface area contributed by atoms with Gasteiger partial charge >= 0.3 is 12.1 Å². The van der Waals surface area contributed by atoms with Crippen molar-refractivity contribution in [3.63, 3.8) is 0 Å². The van der Waals surface area contributed by atoms with Crippen LogP contribution in [0.25, 0.3) is 22.2 Å². The Hall–Kier alpha value is -2.67. The molecule has 0 bridgehead atoms. The molecule has 0 spiro atoms. The monoisotopic (exact) mass is 369 g/mol. The van der Waals surface area contributed by atoms with Gasteiger partial charge in [0.05, 0.1) is 16.8 Å². The Bertz CT molecular complexity index is 1000. The second kappa shape index (κ2) is 6.00. The summed E-state index contributed by atoms with van der Waals surface area (Å²) in [5, 5.41) is 9.21. The first-order valence-electron chi connectivity index (χ1n) is 6.88. The van der Waals surface area contributed by atoms with Crippen molar-refractivity contribution in [2.45, 2.75) is 6.18 Å². The van der Waals surface area contributed by atoms with Gasteiger partial charge in [0.25, 0.3) is 0 Å². The molecular formula is C17H8ClF4NO2. The molecule has 1 aromatic heterocycles. The number of hydrogen-bond donors (Lipinski definition) is 1. The molecule has 0 aliphatic rings. The predicted octanol–water partition coefficient (Wildman–Crippen LogP) is 5.41. The van der Waals surface area contributed by atoms with Crippen molar-refractivity contribution in [1.82, 2.24) is 4.98 Å². The number of halogens is 5. The van der Waals surface area contributed by atoms with Gasteiger partial charge in [0.15, 0.2) is 5.82 Å². The molecule has 3 rings (SSSR count). The van der Waals surface area contributed by atoms with E-state index in [1.54, 1.807) is 0 Å². The fourth-order valence-electron chi connectivity index (χ4n) is 2.52. The minimum Gasteiger partial charge on any atom is -0.478 e. The molecule has 8 heteroatoms. The van der Waals surface area contributed by atoms with E-state index in [2.05, 4.69) is 4.98 Å². The van der Waals surface area contributed by atoms with E-state index in [4.69, 9.17) is 11.6 Å². The van der Waals surface area contributed by atoms with E-state index in [1.807, 2.05) is 0 Å². The van der Waals surface area contributed by atoms with Crippen LogP contribution in [0.4, 0.5) is 17.6 Å². The maximum Gasteiger partial charge on any atom is 0.417 e. The smallest absolute Gasteiger partial charge is 0.417 e. The summed E-state index contributed by atoms with van der Waals surface area (Å²) in [7, 11) is 0. The molecule has 1 N–H and O–H groups in total. The van der Waals surface area contributed by atoms with Crippen LogP contribution in [0.15, 0.2) is 42.5 Å². The first-order valence-corrected chi connectivity index (χ1v) is 7.26. The summed E-state index contributed by atoms with van der Waals surface area (Å²) in [6.45, 7) is 0. The van der Waals surface area contributed by atoms with Crippen LogP contribution in [-0.4, -0.2) is 16.1 Å². The maximum absolute atomic E-state index is 14.2. The summed E-state index contributed by atoms with van der Waals surface area (Å²) in [6.07, 6.45) is -4.67. The van der Waals surface area contributed by atoms with Gasteiger partial charge in [-0.2, -0.15) is 13.2 Å². The van der Waals surface area contributed by atoms with Crippen LogP contribution in [0.1, 0.15) is 15.9 Å². The molecule has 0 amide bonds. The lowest BCUT2D eigenvalue weighted by Gasteiger charge is -2.14. The normalized spacial score (nSPS) is 11.7. The minimum atomic E-state index is -4.67. The average Bonchev–Trinajstić information content (AvgIpc) is 2.53. The van der Waals surface area contributed by atoms with Crippen LogP contribution in [0.3, 0.4) is 0 Å². The van der Waals surface area contributed by atoms with Crippen LogP contribution in [-0.2, 0) is 6.18 Å². The van der Waals surface area contributed by atoms with Crippen molar-refractivity contribution in [2.24, 2.45) is 0 Å². The van der Waals surface area contributed by atoms with E-state index in [1.165, 1.54) is 18.2 Å². The molecular weight excluding hydrogens is 362 g/mol. The Balaban J connectivity index is 2.39. The summed E-state index contributed by atoms with van der Waals surface area (Å²) in [5.74, 6) is -2.35.